The first kappa shape index (κ1) is 29.8. The maximum Gasteiger partial charge on any atom is 0.270 e. The molecule has 2 aromatic heterocycles. The van der Waals surface area contributed by atoms with Crippen molar-refractivity contribution in [1.29, 1.82) is 0 Å². The zero-order valence-electron chi connectivity index (χ0n) is 22.9. The van der Waals surface area contributed by atoms with Crippen LogP contribution in [0.2, 0.25) is 5.02 Å². The van der Waals surface area contributed by atoms with E-state index in [9.17, 15) is 14.0 Å². The van der Waals surface area contributed by atoms with E-state index in [-0.39, 0.29) is 18.2 Å². The van der Waals surface area contributed by atoms with Gasteiger partial charge in [-0.25, -0.2) is 9.37 Å². The third kappa shape index (κ3) is 5.80. The second-order valence-electron chi connectivity index (χ2n) is 9.97. The van der Waals surface area contributed by atoms with Crippen LogP contribution in [0.25, 0.3) is 5.57 Å². The van der Waals surface area contributed by atoms with Crippen molar-refractivity contribution in [3.63, 3.8) is 0 Å². The number of amides is 1. The molecule has 2 aliphatic rings. The summed E-state index contributed by atoms with van der Waals surface area (Å²) in [4.78, 5) is 40.7. The Balaban J connectivity index is 1.57. The summed E-state index contributed by atoms with van der Waals surface area (Å²) in [7, 11) is 2.96. The fraction of sp³-hybridized carbons (Fsp3) is 0.300. The molecule has 1 saturated heterocycles. The van der Waals surface area contributed by atoms with E-state index in [4.69, 9.17) is 37.7 Å². The standard InChI is InChI=1S/C30H28Cl2FN5O4/c1-41-17-18-10-24(34-11-19(18)16-39)28(40)37-30(9-5-7-22(27(30)32)21-6-3-4-8-23(21)31)26-12-35-25(29(36-26)42-2)15-38-13-20(33)14-38/h3-12,16,20,27H,13-15,17H2,1-2H3,(H,37,40). The summed E-state index contributed by atoms with van der Waals surface area (Å²) in [5, 5.41) is 2.62. The summed E-state index contributed by atoms with van der Waals surface area (Å²) in [5.74, 6) is -0.342. The zero-order chi connectivity index (χ0) is 29.9. The smallest absolute Gasteiger partial charge is 0.270 e. The Bertz CT molecular complexity index is 1560. The van der Waals surface area contributed by atoms with Crippen LogP contribution in [0.15, 0.2) is 61.0 Å². The first-order chi connectivity index (χ1) is 20.3. The van der Waals surface area contributed by atoms with Gasteiger partial charge in [0.25, 0.3) is 5.91 Å². The fourth-order valence-corrected chi connectivity index (χ4v) is 5.68. The van der Waals surface area contributed by atoms with Gasteiger partial charge in [0.1, 0.15) is 23.1 Å². The van der Waals surface area contributed by atoms with Gasteiger partial charge in [-0.2, -0.15) is 0 Å². The van der Waals surface area contributed by atoms with E-state index in [0.29, 0.717) is 64.6 Å². The number of rotatable bonds is 10. The molecule has 0 saturated carbocycles. The number of hydrogen-bond acceptors (Lipinski definition) is 8. The van der Waals surface area contributed by atoms with Crippen molar-refractivity contribution in [2.75, 3.05) is 27.3 Å². The number of hydrogen-bond donors (Lipinski definition) is 1. The Labute approximate surface area is 252 Å². The fourth-order valence-electron chi connectivity index (χ4n) is 5.01. The van der Waals surface area contributed by atoms with Crippen LogP contribution < -0.4 is 10.1 Å². The average molecular weight is 612 g/mol. The van der Waals surface area contributed by atoms with Crippen LogP contribution in [0.1, 0.15) is 43.4 Å². The Morgan fingerprint density at radius 2 is 2.02 bits per heavy atom. The number of halogens is 3. The number of ether oxygens (including phenoxy) is 2. The van der Waals surface area contributed by atoms with Crippen molar-refractivity contribution in [2.24, 2.45) is 0 Å². The number of allylic oxidation sites excluding steroid dienone is 2. The SMILES string of the molecule is COCc1cc(C(=O)NC2(c3cnc(CN4CC(F)C4)c(OC)n3)C=CC=C(c3ccccc3Cl)C2Cl)ncc1C=O. The molecule has 3 aromatic rings. The van der Waals surface area contributed by atoms with Crippen molar-refractivity contribution in [3.8, 4) is 5.88 Å². The first-order valence-electron chi connectivity index (χ1n) is 13.1. The maximum absolute atomic E-state index is 13.8. The predicted octanol–water partition coefficient (Wildman–Crippen LogP) is 4.53. The van der Waals surface area contributed by atoms with E-state index in [1.807, 2.05) is 29.2 Å². The van der Waals surface area contributed by atoms with Gasteiger partial charge in [0.05, 0.1) is 31.0 Å². The molecule has 3 heterocycles. The molecule has 0 radical (unpaired) electrons. The third-order valence-electron chi connectivity index (χ3n) is 7.21. The quantitative estimate of drug-likeness (QED) is 0.263. The Morgan fingerprint density at radius 3 is 2.71 bits per heavy atom. The molecular weight excluding hydrogens is 584 g/mol. The molecule has 0 spiro atoms. The second kappa shape index (κ2) is 12.7. The van der Waals surface area contributed by atoms with Crippen molar-refractivity contribution in [3.05, 3.63) is 99.7 Å². The molecular formula is C30H28Cl2FN5O4. The summed E-state index contributed by atoms with van der Waals surface area (Å²) in [5.41, 5.74) is 1.61. The Kier molecular flexibility index (Phi) is 8.98. The molecule has 1 aliphatic heterocycles. The average Bonchev–Trinajstić information content (AvgIpc) is 2.98. The number of pyridine rings is 1. The highest BCUT2D eigenvalue weighted by atomic mass is 35.5. The van der Waals surface area contributed by atoms with E-state index in [1.54, 1.807) is 18.2 Å². The van der Waals surface area contributed by atoms with E-state index in [1.165, 1.54) is 32.7 Å². The van der Waals surface area contributed by atoms with Crippen LogP contribution >= 0.6 is 23.2 Å². The number of benzene rings is 1. The second-order valence-corrected chi connectivity index (χ2v) is 10.8. The van der Waals surface area contributed by atoms with Crippen LogP contribution in [0.3, 0.4) is 0 Å². The minimum atomic E-state index is -1.42. The first-order valence-corrected chi connectivity index (χ1v) is 13.9. The van der Waals surface area contributed by atoms with Gasteiger partial charge < -0.3 is 14.8 Å². The molecule has 9 nitrogen and oxygen atoms in total. The topological polar surface area (TPSA) is 107 Å². The molecule has 2 unspecified atom stereocenters. The van der Waals surface area contributed by atoms with E-state index >= 15 is 0 Å². The zero-order valence-corrected chi connectivity index (χ0v) is 24.4. The normalized spacial score (nSPS) is 20.5. The Morgan fingerprint density at radius 1 is 1.24 bits per heavy atom. The monoisotopic (exact) mass is 611 g/mol. The lowest BCUT2D eigenvalue weighted by molar-refractivity contribution is 0.0571. The molecule has 1 fully saturated rings. The van der Waals surface area contributed by atoms with Gasteiger partial charge >= 0.3 is 0 Å². The van der Waals surface area contributed by atoms with E-state index in [2.05, 4.69) is 15.3 Å². The van der Waals surface area contributed by atoms with Crippen LogP contribution in [0.4, 0.5) is 4.39 Å². The summed E-state index contributed by atoms with van der Waals surface area (Å²) in [6.07, 6.45) is 7.96. The lowest BCUT2D eigenvalue weighted by Crippen LogP contribution is -2.53. The molecule has 42 heavy (non-hydrogen) atoms. The number of aldehydes is 1. The van der Waals surface area contributed by atoms with Gasteiger partial charge in [0, 0.05) is 43.5 Å². The van der Waals surface area contributed by atoms with Crippen molar-refractivity contribution in [1.82, 2.24) is 25.2 Å². The highest BCUT2D eigenvalue weighted by Gasteiger charge is 2.45. The molecule has 12 heteroatoms. The van der Waals surface area contributed by atoms with E-state index in [0.717, 1.165) is 0 Å². The minimum absolute atomic E-state index is 0.0493. The van der Waals surface area contributed by atoms with Gasteiger partial charge in [-0.15, -0.1) is 11.6 Å². The molecule has 1 aliphatic carbocycles. The predicted molar refractivity (Wildman–Crippen MR) is 156 cm³/mol. The summed E-state index contributed by atoms with van der Waals surface area (Å²) >= 11 is 13.8. The lowest BCUT2D eigenvalue weighted by Gasteiger charge is -2.39. The summed E-state index contributed by atoms with van der Waals surface area (Å²) in [6.45, 7) is 1.10. The number of nitrogens with zero attached hydrogens (tertiary/aromatic N) is 4. The summed E-state index contributed by atoms with van der Waals surface area (Å²) in [6, 6.07) is 8.75. The van der Waals surface area contributed by atoms with Crippen LogP contribution in [0, 0.1) is 0 Å². The van der Waals surface area contributed by atoms with Gasteiger partial charge in [0.2, 0.25) is 5.88 Å². The van der Waals surface area contributed by atoms with Gasteiger partial charge in [0.15, 0.2) is 6.29 Å². The lowest BCUT2D eigenvalue weighted by atomic mass is 9.80. The molecule has 1 aromatic carbocycles. The van der Waals surface area contributed by atoms with Crippen LogP contribution in [0.5, 0.6) is 5.88 Å². The van der Waals surface area contributed by atoms with Crippen molar-refractivity contribution in [2.45, 2.75) is 30.2 Å². The van der Waals surface area contributed by atoms with Crippen LogP contribution in [-0.2, 0) is 23.4 Å². The van der Waals surface area contributed by atoms with E-state index < -0.39 is 23.0 Å². The van der Waals surface area contributed by atoms with Gasteiger partial charge in [-0.05, 0) is 28.8 Å². The number of alkyl halides is 2. The molecule has 218 valence electrons. The van der Waals surface area contributed by atoms with Crippen molar-refractivity contribution >= 4 is 41.0 Å². The number of methoxy groups -OCH3 is 2. The number of nitrogens with one attached hydrogen (secondary N) is 1. The Hall–Kier alpha value is -3.70. The number of carbonyl (C=O) groups is 2. The van der Waals surface area contributed by atoms with Gasteiger partial charge in [-0.3, -0.25) is 24.5 Å². The number of aromatic nitrogens is 3. The third-order valence-corrected chi connectivity index (χ3v) is 8.12. The number of likely N-dealkylation sites (tertiary alicyclic amines) is 1. The molecule has 1 amide bonds. The van der Waals surface area contributed by atoms with Crippen molar-refractivity contribution < 1.29 is 23.5 Å². The summed E-state index contributed by atoms with van der Waals surface area (Å²) < 4.78 is 24.2. The maximum atomic E-state index is 13.8. The molecule has 1 N–H and O–H groups in total. The largest absolute Gasteiger partial charge is 0.480 e. The molecule has 2 atom stereocenters. The van der Waals surface area contributed by atoms with Crippen LogP contribution in [-0.4, -0.2) is 70.9 Å². The minimum Gasteiger partial charge on any atom is -0.480 e. The highest BCUT2D eigenvalue weighted by molar-refractivity contribution is 6.34. The molecule has 0 bridgehead atoms. The highest BCUT2D eigenvalue weighted by Crippen LogP contribution is 2.43. The number of carbonyl (C=O) groups excluding carboxylic acids is 2. The molecule has 5 rings (SSSR count). The van der Waals surface area contributed by atoms with Gasteiger partial charge in [-0.1, -0.05) is 48.0 Å².